The molecule has 0 saturated carbocycles. The van der Waals surface area contributed by atoms with Crippen molar-refractivity contribution in [2.75, 3.05) is 26.4 Å². The van der Waals surface area contributed by atoms with Crippen LogP contribution in [0.5, 0.6) is 0 Å². The Morgan fingerprint density at radius 2 is 0.952 bits per heavy atom. The highest BCUT2D eigenvalue weighted by atomic mass is 16.7. The minimum Gasteiger partial charge on any atom is -0.462 e. The summed E-state index contributed by atoms with van der Waals surface area (Å²) >= 11 is 0. The van der Waals surface area contributed by atoms with Crippen LogP contribution in [-0.4, -0.2) is 142 Å². The topological polar surface area (TPSA) is 231 Å². The van der Waals surface area contributed by atoms with Crippen LogP contribution in [0.3, 0.4) is 0 Å². The maximum atomic E-state index is 13.0. The van der Waals surface area contributed by atoms with Crippen molar-refractivity contribution in [3.63, 3.8) is 0 Å². The molecule has 7 N–H and O–H groups in total. The summed E-state index contributed by atoms with van der Waals surface area (Å²) in [5, 5.41) is 71.9. The van der Waals surface area contributed by atoms with Crippen LogP contribution in [0.25, 0.3) is 0 Å². The first-order chi connectivity index (χ1) is 29.8. The van der Waals surface area contributed by atoms with Gasteiger partial charge in [0.25, 0.3) is 0 Å². The number of aliphatic hydroxyl groups is 7. The Morgan fingerprint density at radius 1 is 0.516 bits per heavy atom. The molecule has 15 nitrogen and oxygen atoms in total. The molecule has 0 aromatic carbocycles. The average Bonchev–Trinajstić information content (AvgIpc) is 3.25. The van der Waals surface area contributed by atoms with E-state index >= 15 is 0 Å². The zero-order valence-corrected chi connectivity index (χ0v) is 38.7. The molecular formula is C47H88O15. The number of unbranched alkanes of at least 4 members (excludes halogenated alkanes) is 17. The van der Waals surface area contributed by atoms with E-state index in [0.717, 1.165) is 50.4 Å². The van der Waals surface area contributed by atoms with Gasteiger partial charge in [0.2, 0.25) is 0 Å². The van der Waals surface area contributed by atoms with Gasteiger partial charge in [-0.1, -0.05) is 156 Å². The van der Waals surface area contributed by atoms with Crippen molar-refractivity contribution in [2.45, 2.75) is 249 Å². The predicted molar refractivity (Wildman–Crippen MR) is 234 cm³/mol. The summed E-state index contributed by atoms with van der Waals surface area (Å²) in [6.07, 6.45) is 8.68. The zero-order chi connectivity index (χ0) is 45.7. The fourth-order valence-electron chi connectivity index (χ4n) is 7.85. The van der Waals surface area contributed by atoms with Gasteiger partial charge >= 0.3 is 11.9 Å². The van der Waals surface area contributed by atoms with Gasteiger partial charge in [-0.3, -0.25) is 9.59 Å². The van der Waals surface area contributed by atoms with E-state index in [-0.39, 0.29) is 26.1 Å². The van der Waals surface area contributed by atoms with Gasteiger partial charge in [0, 0.05) is 12.8 Å². The highest BCUT2D eigenvalue weighted by Gasteiger charge is 2.47. The first kappa shape index (κ1) is 56.6. The molecule has 62 heavy (non-hydrogen) atoms. The Kier molecular flexibility index (Phi) is 31.0. The van der Waals surface area contributed by atoms with Crippen molar-refractivity contribution < 1.29 is 73.8 Å². The molecule has 2 aliphatic rings. The fraction of sp³-hybridized carbons (Fsp3) is 0.957. The van der Waals surface area contributed by atoms with Crippen molar-refractivity contribution in [3.05, 3.63) is 0 Å². The second kappa shape index (κ2) is 33.9. The standard InChI is InChI=1S/C47H88O15/c1-5-34(4)26-22-18-14-10-6-7-11-16-20-24-28-39(50)60-35(30-57-38(49)27-23-19-15-12-8-9-13-17-21-25-33(2)3)31-58-46-45(56)43(54)41(52)37(62-46)32-59-47-44(55)42(53)40(51)36(29-48)61-47/h33-37,40-48,51-56H,5-32H2,1-4H3/t34?,35?,36-,37-,40-,41-,42+,43+,44-,45-,46-,47-/m1/s1. The molecule has 2 rings (SSSR count). The number of carbonyl (C=O) groups is 2. The maximum Gasteiger partial charge on any atom is 0.306 e. The van der Waals surface area contributed by atoms with E-state index in [1.54, 1.807) is 0 Å². The van der Waals surface area contributed by atoms with E-state index in [9.17, 15) is 45.3 Å². The van der Waals surface area contributed by atoms with Crippen LogP contribution in [-0.2, 0) is 38.0 Å². The minimum atomic E-state index is -1.76. The summed E-state index contributed by atoms with van der Waals surface area (Å²) in [5.74, 6) is 0.658. The van der Waals surface area contributed by atoms with E-state index in [2.05, 4.69) is 27.7 Å². The zero-order valence-electron chi connectivity index (χ0n) is 38.7. The number of carbonyl (C=O) groups excluding carboxylic acids is 2. The van der Waals surface area contributed by atoms with Crippen LogP contribution in [0.2, 0.25) is 0 Å². The first-order valence-electron chi connectivity index (χ1n) is 24.4. The number of ether oxygens (including phenoxy) is 6. The van der Waals surface area contributed by atoms with Gasteiger partial charge in [-0.15, -0.1) is 0 Å². The Bertz CT molecular complexity index is 1130. The molecule has 0 spiro atoms. The quantitative estimate of drug-likeness (QED) is 0.0293. The molecule has 2 saturated heterocycles. The van der Waals surface area contributed by atoms with Crippen molar-refractivity contribution in [3.8, 4) is 0 Å². The van der Waals surface area contributed by atoms with E-state index < -0.39 is 92.7 Å². The molecule has 0 bridgehead atoms. The molecule has 2 unspecified atom stereocenters. The molecule has 366 valence electrons. The van der Waals surface area contributed by atoms with Crippen molar-refractivity contribution in [1.82, 2.24) is 0 Å². The van der Waals surface area contributed by atoms with Crippen LogP contribution < -0.4 is 0 Å². The normalized spacial score (nSPS) is 27.6. The minimum absolute atomic E-state index is 0.170. The van der Waals surface area contributed by atoms with E-state index in [0.29, 0.717) is 12.8 Å². The molecule has 0 radical (unpaired) electrons. The predicted octanol–water partition coefficient (Wildman–Crippen LogP) is 5.76. The van der Waals surface area contributed by atoms with Crippen LogP contribution in [0.4, 0.5) is 0 Å². The van der Waals surface area contributed by atoms with Gasteiger partial charge in [0.05, 0.1) is 19.8 Å². The van der Waals surface area contributed by atoms with Crippen LogP contribution in [0, 0.1) is 11.8 Å². The highest BCUT2D eigenvalue weighted by Crippen LogP contribution is 2.27. The molecule has 12 atom stereocenters. The lowest BCUT2D eigenvalue weighted by Crippen LogP contribution is -2.61. The Labute approximate surface area is 372 Å². The Balaban J connectivity index is 1.84. The molecule has 2 heterocycles. The van der Waals surface area contributed by atoms with Gasteiger partial charge < -0.3 is 64.2 Å². The average molecular weight is 893 g/mol. The van der Waals surface area contributed by atoms with E-state index in [4.69, 9.17) is 28.4 Å². The van der Waals surface area contributed by atoms with Crippen molar-refractivity contribution in [2.24, 2.45) is 11.8 Å². The molecule has 2 aliphatic heterocycles. The number of esters is 2. The molecule has 15 heteroatoms. The summed E-state index contributed by atoms with van der Waals surface area (Å²) in [7, 11) is 0. The smallest absolute Gasteiger partial charge is 0.306 e. The van der Waals surface area contributed by atoms with Gasteiger partial charge in [0.1, 0.15) is 55.4 Å². The largest absolute Gasteiger partial charge is 0.462 e. The second-order valence-corrected chi connectivity index (χ2v) is 18.4. The monoisotopic (exact) mass is 893 g/mol. The Morgan fingerprint density at radius 3 is 1.45 bits per heavy atom. The summed E-state index contributed by atoms with van der Waals surface area (Å²) in [6, 6.07) is 0. The number of aliphatic hydroxyl groups excluding tert-OH is 7. The Hall–Kier alpha value is -1.50. The van der Waals surface area contributed by atoms with Gasteiger partial charge in [-0.2, -0.15) is 0 Å². The SMILES string of the molecule is CCC(C)CCCCCCCCCCCCC(=O)OC(COC(=O)CCCCCCCCCCCC(C)C)CO[C@@H]1O[C@H](CO[C@@H]2O[C@H](CO)[C@@H](O)[C@H](O)[C@H]2O)[C@@H](O)[C@H](O)[C@H]1O. The third-order valence-corrected chi connectivity index (χ3v) is 12.3. The second-order valence-electron chi connectivity index (χ2n) is 18.4. The molecule has 0 amide bonds. The summed E-state index contributed by atoms with van der Waals surface area (Å²) in [4.78, 5) is 25.7. The van der Waals surface area contributed by atoms with Crippen LogP contribution in [0.15, 0.2) is 0 Å². The number of hydrogen-bond donors (Lipinski definition) is 7. The number of hydrogen-bond acceptors (Lipinski definition) is 15. The third kappa shape index (κ3) is 23.6. The van der Waals surface area contributed by atoms with Gasteiger partial charge in [-0.25, -0.2) is 0 Å². The van der Waals surface area contributed by atoms with Gasteiger partial charge in [0.15, 0.2) is 18.7 Å². The number of rotatable bonds is 36. The molecule has 0 aromatic heterocycles. The lowest BCUT2D eigenvalue weighted by Gasteiger charge is -2.42. The maximum absolute atomic E-state index is 13.0. The first-order valence-corrected chi connectivity index (χ1v) is 24.4. The van der Waals surface area contributed by atoms with Crippen LogP contribution >= 0.6 is 0 Å². The molecule has 2 fully saturated rings. The molecule has 0 aliphatic carbocycles. The lowest BCUT2D eigenvalue weighted by molar-refractivity contribution is -0.332. The fourth-order valence-corrected chi connectivity index (χ4v) is 7.85. The highest BCUT2D eigenvalue weighted by molar-refractivity contribution is 5.70. The van der Waals surface area contributed by atoms with Crippen LogP contribution in [0.1, 0.15) is 182 Å². The third-order valence-electron chi connectivity index (χ3n) is 12.3. The van der Waals surface area contributed by atoms with E-state index in [1.807, 2.05) is 0 Å². The van der Waals surface area contributed by atoms with E-state index in [1.165, 1.54) is 89.9 Å². The van der Waals surface area contributed by atoms with Crippen molar-refractivity contribution in [1.29, 1.82) is 0 Å². The van der Waals surface area contributed by atoms with Gasteiger partial charge in [-0.05, 0) is 24.7 Å². The summed E-state index contributed by atoms with van der Waals surface area (Å²) in [6.45, 7) is 7.21. The van der Waals surface area contributed by atoms with Crippen molar-refractivity contribution >= 4 is 11.9 Å². The lowest BCUT2D eigenvalue weighted by atomic mass is 9.98. The summed E-state index contributed by atoms with van der Waals surface area (Å²) in [5.41, 5.74) is 0. The molecule has 0 aromatic rings. The molecular weight excluding hydrogens is 805 g/mol. The summed E-state index contributed by atoms with van der Waals surface area (Å²) < 4.78 is 33.5.